The average molecular weight is 374 g/mol. The van der Waals surface area contributed by atoms with E-state index in [4.69, 9.17) is 4.74 Å². The average Bonchev–Trinajstić information content (AvgIpc) is 3.16. The Morgan fingerprint density at radius 3 is 2.93 bits per heavy atom. The first-order valence-corrected chi connectivity index (χ1v) is 8.65. The third-order valence-corrected chi connectivity index (χ3v) is 4.14. The fraction of sp³-hybridized carbons (Fsp3) is 0.100. The van der Waals surface area contributed by atoms with Crippen LogP contribution in [-0.4, -0.2) is 32.6 Å². The van der Waals surface area contributed by atoms with E-state index in [1.54, 1.807) is 48.4 Å². The number of carbonyl (C=O) groups excluding carboxylic acids is 1. The first-order valence-electron chi connectivity index (χ1n) is 8.65. The lowest BCUT2D eigenvalue weighted by atomic mass is 10.2. The number of methoxy groups -OCH3 is 1. The van der Waals surface area contributed by atoms with Crippen LogP contribution in [0.5, 0.6) is 5.75 Å². The van der Waals surface area contributed by atoms with Gasteiger partial charge in [-0.25, -0.2) is 9.50 Å². The Balaban J connectivity index is 1.54. The zero-order valence-corrected chi connectivity index (χ0v) is 15.2. The van der Waals surface area contributed by atoms with Gasteiger partial charge in [0.25, 0.3) is 5.91 Å². The highest BCUT2D eigenvalue weighted by molar-refractivity contribution is 6.08. The Kier molecular flexibility index (Phi) is 4.83. The van der Waals surface area contributed by atoms with Crippen LogP contribution in [0.2, 0.25) is 0 Å². The number of carbonyl (C=O) groups is 1. The maximum atomic E-state index is 12.7. The highest BCUT2D eigenvalue weighted by atomic mass is 16.5. The van der Waals surface area contributed by atoms with Crippen LogP contribution in [-0.2, 0) is 6.54 Å². The number of ether oxygens (including phenoxy) is 1. The Morgan fingerprint density at radius 1 is 1.18 bits per heavy atom. The fourth-order valence-corrected chi connectivity index (χ4v) is 2.72. The molecule has 0 spiro atoms. The molecule has 28 heavy (non-hydrogen) atoms. The van der Waals surface area contributed by atoms with Gasteiger partial charge in [0.15, 0.2) is 5.65 Å². The van der Waals surface area contributed by atoms with Crippen LogP contribution in [0.4, 0.5) is 11.5 Å². The number of pyridine rings is 1. The molecule has 140 valence electrons. The van der Waals surface area contributed by atoms with Gasteiger partial charge >= 0.3 is 0 Å². The minimum atomic E-state index is -0.292. The second-order valence-corrected chi connectivity index (χ2v) is 6.04. The van der Waals surface area contributed by atoms with E-state index in [2.05, 4.69) is 25.7 Å². The molecule has 0 aliphatic carbocycles. The molecule has 2 N–H and O–H groups in total. The van der Waals surface area contributed by atoms with Crippen molar-refractivity contribution in [2.24, 2.45) is 0 Å². The minimum Gasteiger partial charge on any atom is -0.497 e. The number of nitrogens with zero attached hydrogens (tertiary/aromatic N) is 4. The zero-order chi connectivity index (χ0) is 19.3. The van der Waals surface area contributed by atoms with Crippen LogP contribution in [0.3, 0.4) is 0 Å². The highest BCUT2D eigenvalue weighted by Gasteiger charge is 2.15. The van der Waals surface area contributed by atoms with Crippen LogP contribution >= 0.6 is 0 Å². The summed E-state index contributed by atoms with van der Waals surface area (Å²) in [5.74, 6) is 1.02. The minimum absolute atomic E-state index is 0.292. The lowest BCUT2D eigenvalue weighted by Crippen LogP contribution is -2.12. The molecule has 0 atom stereocenters. The summed E-state index contributed by atoms with van der Waals surface area (Å²) in [4.78, 5) is 21.3. The number of benzene rings is 1. The lowest BCUT2D eigenvalue weighted by Gasteiger charge is -2.07. The fourth-order valence-electron chi connectivity index (χ4n) is 2.72. The summed E-state index contributed by atoms with van der Waals surface area (Å²) in [6, 6.07) is 12.8. The van der Waals surface area contributed by atoms with Crippen molar-refractivity contribution >= 4 is 23.1 Å². The number of rotatable bonds is 6. The van der Waals surface area contributed by atoms with E-state index in [0.717, 1.165) is 5.56 Å². The van der Waals surface area contributed by atoms with E-state index in [1.807, 2.05) is 24.3 Å². The Morgan fingerprint density at radius 2 is 2.11 bits per heavy atom. The van der Waals surface area contributed by atoms with Crippen LogP contribution < -0.4 is 15.4 Å². The van der Waals surface area contributed by atoms with Crippen molar-refractivity contribution in [3.8, 4) is 5.75 Å². The molecule has 0 bridgehead atoms. The number of hydrogen-bond acceptors (Lipinski definition) is 6. The number of aromatic nitrogens is 4. The number of fused-ring (bicyclic) bond motifs is 1. The number of anilines is 2. The molecule has 3 heterocycles. The summed E-state index contributed by atoms with van der Waals surface area (Å²) in [5.41, 5.74) is 2.52. The monoisotopic (exact) mass is 374 g/mol. The van der Waals surface area contributed by atoms with Gasteiger partial charge in [-0.15, -0.1) is 0 Å². The maximum absolute atomic E-state index is 12.7. The third-order valence-electron chi connectivity index (χ3n) is 4.14. The molecule has 0 saturated carbocycles. The molecule has 0 radical (unpaired) electrons. The van der Waals surface area contributed by atoms with Gasteiger partial charge in [0.2, 0.25) is 0 Å². The highest BCUT2D eigenvalue weighted by Crippen LogP contribution is 2.19. The summed E-state index contributed by atoms with van der Waals surface area (Å²) in [5, 5.41) is 10.3. The van der Waals surface area contributed by atoms with Crippen LogP contribution in [0, 0.1) is 0 Å². The molecule has 8 heteroatoms. The van der Waals surface area contributed by atoms with Gasteiger partial charge in [-0.05, 0) is 29.8 Å². The van der Waals surface area contributed by atoms with Crippen molar-refractivity contribution < 1.29 is 9.53 Å². The van der Waals surface area contributed by atoms with Crippen molar-refractivity contribution in [2.45, 2.75) is 6.54 Å². The molecule has 4 rings (SSSR count). The summed E-state index contributed by atoms with van der Waals surface area (Å²) in [6.07, 6.45) is 6.78. The van der Waals surface area contributed by atoms with Gasteiger partial charge in [0.05, 0.1) is 13.3 Å². The first kappa shape index (κ1) is 17.5. The van der Waals surface area contributed by atoms with Crippen LogP contribution in [0.1, 0.15) is 15.9 Å². The lowest BCUT2D eigenvalue weighted by molar-refractivity contribution is 0.102. The van der Waals surface area contributed by atoms with Crippen LogP contribution in [0.15, 0.2) is 67.3 Å². The second kappa shape index (κ2) is 7.75. The molecule has 0 aliphatic rings. The first-order chi connectivity index (χ1) is 13.7. The van der Waals surface area contributed by atoms with E-state index in [0.29, 0.717) is 35.0 Å². The Bertz CT molecular complexity index is 1110. The normalized spacial score (nSPS) is 10.6. The second-order valence-electron chi connectivity index (χ2n) is 6.04. The van der Waals surface area contributed by atoms with E-state index in [1.165, 1.54) is 6.20 Å². The largest absolute Gasteiger partial charge is 0.497 e. The molecule has 0 unspecified atom stereocenters. The van der Waals surface area contributed by atoms with E-state index in [-0.39, 0.29) is 5.91 Å². The van der Waals surface area contributed by atoms with Gasteiger partial charge in [-0.1, -0.05) is 12.1 Å². The van der Waals surface area contributed by atoms with Crippen molar-refractivity contribution in [1.29, 1.82) is 0 Å². The predicted molar refractivity (Wildman–Crippen MR) is 105 cm³/mol. The van der Waals surface area contributed by atoms with E-state index in [9.17, 15) is 4.79 Å². The van der Waals surface area contributed by atoms with Crippen molar-refractivity contribution in [3.63, 3.8) is 0 Å². The van der Waals surface area contributed by atoms with Crippen LogP contribution in [0.25, 0.3) is 5.65 Å². The SMILES string of the molecule is COc1cccc(NC(=O)c2cnn3ccc(NCc4cccnc4)nc23)c1. The molecule has 1 amide bonds. The van der Waals surface area contributed by atoms with Gasteiger partial charge in [0, 0.05) is 36.9 Å². The summed E-state index contributed by atoms with van der Waals surface area (Å²) < 4.78 is 6.75. The topological polar surface area (TPSA) is 93.4 Å². The number of amides is 1. The van der Waals surface area contributed by atoms with Gasteiger partial charge in [-0.2, -0.15) is 5.10 Å². The van der Waals surface area contributed by atoms with Gasteiger partial charge in [-0.3, -0.25) is 9.78 Å². The zero-order valence-electron chi connectivity index (χ0n) is 15.2. The van der Waals surface area contributed by atoms with E-state index >= 15 is 0 Å². The van der Waals surface area contributed by atoms with Crippen molar-refractivity contribution in [1.82, 2.24) is 19.6 Å². The predicted octanol–water partition coefficient (Wildman–Crippen LogP) is 3.00. The van der Waals surface area contributed by atoms with Gasteiger partial charge in [0.1, 0.15) is 17.1 Å². The number of hydrogen-bond donors (Lipinski definition) is 2. The molecular formula is C20H18N6O2. The smallest absolute Gasteiger partial charge is 0.261 e. The molecule has 4 aromatic rings. The van der Waals surface area contributed by atoms with E-state index < -0.39 is 0 Å². The molecule has 0 saturated heterocycles. The Hall–Kier alpha value is -3.94. The summed E-state index contributed by atoms with van der Waals surface area (Å²) >= 11 is 0. The standard InChI is InChI=1S/C20H18N6O2/c1-28-16-6-2-5-15(10-16)24-20(27)17-13-23-26-9-7-18(25-19(17)26)22-12-14-4-3-8-21-11-14/h2-11,13H,12H2,1H3,(H,22,25)(H,24,27). The Labute approximate surface area is 161 Å². The molecule has 0 fully saturated rings. The van der Waals surface area contributed by atoms with Gasteiger partial charge < -0.3 is 15.4 Å². The summed E-state index contributed by atoms with van der Waals surface area (Å²) in [7, 11) is 1.58. The molecule has 8 nitrogen and oxygen atoms in total. The summed E-state index contributed by atoms with van der Waals surface area (Å²) in [6.45, 7) is 0.580. The molecule has 3 aromatic heterocycles. The molecule has 1 aromatic carbocycles. The maximum Gasteiger partial charge on any atom is 0.261 e. The van der Waals surface area contributed by atoms with Crippen molar-refractivity contribution in [2.75, 3.05) is 17.7 Å². The number of nitrogens with one attached hydrogen (secondary N) is 2. The quantitative estimate of drug-likeness (QED) is 0.539. The third kappa shape index (κ3) is 3.75. The molecular weight excluding hydrogens is 356 g/mol. The molecule has 0 aliphatic heterocycles. The van der Waals surface area contributed by atoms with Crippen molar-refractivity contribution in [3.05, 3.63) is 78.4 Å².